The van der Waals surface area contributed by atoms with Crippen LogP contribution in [0.5, 0.6) is 0 Å². The topological polar surface area (TPSA) is 214 Å². The van der Waals surface area contributed by atoms with E-state index in [1.807, 2.05) is 6.26 Å². The van der Waals surface area contributed by atoms with Crippen molar-refractivity contribution in [3.05, 3.63) is 0 Å². The second-order valence-corrected chi connectivity index (χ2v) is 7.28. The molecule has 0 radical (unpaired) electrons. The standard InChI is InChI=1S/C16H29N5O7S/c1-8(22)13(16(27)28)21-12(24)7-19-15(26)10(3-4-11(18)23)20-14(25)9(17)5-6-29-2/h8-10,13,22H,3-7,17H2,1-2H3,(H2,18,23)(H,19,26)(H,20,25)(H,21,24)(H,27,28). The monoisotopic (exact) mass is 435 g/mol. The number of nitrogens with one attached hydrogen (secondary N) is 3. The number of primary amides is 1. The molecule has 0 heterocycles. The molecule has 0 saturated carbocycles. The molecular weight excluding hydrogens is 406 g/mol. The average Bonchev–Trinajstić information content (AvgIpc) is 2.64. The van der Waals surface area contributed by atoms with Crippen molar-refractivity contribution in [3.63, 3.8) is 0 Å². The lowest BCUT2D eigenvalue weighted by Gasteiger charge is -2.21. The number of nitrogens with two attached hydrogens (primary N) is 2. The minimum Gasteiger partial charge on any atom is -0.480 e. The maximum Gasteiger partial charge on any atom is 0.328 e. The van der Waals surface area contributed by atoms with Gasteiger partial charge < -0.3 is 37.6 Å². The first-order chi connectivity index (χ1) is 13.5. The van der Waals surface area contributed by atoms with Crippen molar-refractivity contribution in [2.24, 2.45) is 11.5 Å². The van der Waals surface area contributed by atoms with E-state index in [0.29, 0.717) is 12.2 Å². The fraction of sp³-hybridized carbons (Fsp3) is 0.688. The van der Waals surface area contributed by atoms with Crippen molar-refractivity contribution in [2.75, 3.05) is 18.6 Å². The van der Waals surface area contributed by atoms with E-state index < -0.39 is 60.4 Å². The maximum absolute atomic E-state index is 12.3. The molecule has 0 aromatic rings. The highest BCUT2D eigenvalue weighted by Gasteiger charge is 2.27. The number of hydrogen-bond donors (Lipinski definition) is 7. The summed E-state index contributed by atoms with van der Waals surface area (Å²) < 4.78 is 0. The summed E-state index contributed by atoms with van der Waals surface area (Å²) in [6.45, 7) is 0.587. The van der Waals surface area contributed by atoms with Crippen molar-refractivity contribution in [2.45, 2.75) is 50.4 Å². The SMILES string of the molecule is CSCCC(N)C(=O)NC(CCC(N)=O)C(=O)NCC(=O)NC(C(=O)O)C(C)O. The van der Waals surface area contributed by atoms with E-state index in [0.717, 1.165) is 0 Å². The molecule has 4 atom stereocenters. The largest absolute Gasteiger partial charge is 0.480 e. The van der Waals surface area contributed by atoms with E-state index in [1.54, 1.807) is 0 Å². The second kappa shape index (κ2) is 13.7. The number of aliphatic carboxylic acids is 1. The number of amides is 4. The smallest absolute Gasteiger partial charge is 0.328 e. The highest BCUT2D eigenvalue weighted by Crippen LogP contribution is 2.02. The molecule has 166 valence electrons. The number of aliphatic hydroxyl groups is 1. The summed E-state index contributed by atoms with van der Waals surface area (Å²) in [5, 5.41) is 25.0. The van der Waals surface area contributed by atoms with Gasteiger partial charge in [0, 0.05) is 6.42 Å². The van der Waals surface area contributed by atoms with Gasteiger partial charge >= 0.3 is 5.97 Å². The van der Waals surface area contributed by atoms with Crippen molar-refractivity contribution < 1.29 is 34.2 Å². The summed E-state index contributed by atoms with van der Waals surface area (Å²) in [4.78, 5) is 58.2. The van der Waals surface area contributed by atoms with E-state index >= 15 is 0 Å². The average molecular weight is 436 g/mol. The third-order valence-corrected chi connectivity index (χ3v) is 4.41. The Morgan fingerprint density at radius 2 is 1.69 bits per heavy atom. The number of carboxylic acid groups (broad SMARTS) is 1. The Morgan fingerprint density at radius 1 is 1.07 bits per heavy atom. The molecule has 0 aliphatic heterocycles. The first-order valence-electron chi connectivity index (χ1n) is 8.80. The number of rotatable bonds is 14. The van der Waals surface area contributed by atoms with Gasteiger partial charge in [0.1, 0.15) is 6.04 Å². The molecule has 4 unspecified atom stereocenters. The van der Waals surface area contributed by atoms with Crippen LogP contribution in [0.25, 0.3) is 0 Å². The zero-order valence-corrected chi connectivity index (χ0v) is 17.2. The lowest BCUT2D eigenvalue weighted by atomic mass is 10.1. The van der Waals surface area contributed by atoms with Gasteiger partial charge in [-0.25, -0.2) is 4.79 Å². The van der Waals surface area contributed by atoms with Crippen LogP contribution in [0.3, 0.4) is 0 Å². The van der Waals surface area contributed by atoms with Gasteiger partial charge in [-0.1, -0.05) is 0 Å². The molecule has 9 N–H and O–H groups in total. The quantitative estimate of drug-likeness (QED) is 0.147. The summed E-state index contributed by atoms with van der Waals surface area (Å²) in [6, 6.07) is -3.55. The predicted octanol–water partition coefficient (Wildman–Crippen LogP) is -3.12. The van der Waals surface area contributed by atoms with Gasteiger partial charge in [0.15, 0.2) is 6.04 Å². The summed E-state index contributed by atoms with van der Waals surface area (Å²) in [5.41, 5.74) is 10.8. The van der Waals surface area contributed by atoms with Gasteiger partial charge in [0.05, 0.1) is 18.7 Å². The molecule has 4 amide bonds. The summed E-state index contributed by atoms with van der Waals surface area (Å²) in [5.74, 6) is -3.69. The van der Waals surface area contributed by atoms with Crippen LogP contribution in [0.2, 0.25) is 0 Å². The maximum atomic E-state index is 12.3. The number of carbonyl (C=O) groups is 5. The van der Waals surface area contributed by atoms with E-state index in [4.69, 9.17) is 16.6 Å². The normalized spacial score (nSPS) is 14.8. The Balaban J connectivity index is 4.86. The van der Waals surface area contributed by atoms with Crippen LogP contribution in [-0.2, 0) is 24.0 Å². The summed E-state index contributed by atoms with van der Waals surface area (Å²) in [7, 11) is 0. The summed E-state index contributed by atoms with van der Waals surface area (Å²) >= 11 is 1.50. The van der Waals surface area contributed by atoms with E-state index in [9.17, 15) is 29.1 Å². The Morgan fingerprint density at radius 3 is 2.17 bits per heavy atom. The van der Waals surface area contributed by atoms with Crippen LogP contribution in [0.15, 0.2) is 0 Å². The van der Waals surface area contributed by atoms with Crippen LogP contribution >= 0.6 is 11.8 Å². The molecule has 0 aromatic heterocycles. The molecule has 13 heteroatoms. The number of carboxylic acids is 1. The van der Waals surface area contributed by atoms with Crippen LogP contribution in [0.1, 0.15) is 26.2 Å². The Bertz CT molecular complexity index is 602. The third kappa shape index (κ3) is 11.3. The summed E-state index contributed by atoms with van der Waals surface area (Å²) in [6.07, 6.45) is 0.599. The van der Waals surface area contributed by atoms with Crippen LogP contribution in [0.4, 0.5) is 0 Å². The first kappa shape index (κ1) is 26.6. The number of thioether (sulfide) groups is 1. The molecule has 0 aliphatic rings. The predicted molar refractivity (Wildman–Crippen MR) is 106 cm³/mol. The lowest BCUT2D eigenvalue weighted by molar-refractivity contribution is -0.144. The van der Waals surface area contributed by atoms with Gasteiger partial charge in [-0.15, -0.1) is 0 Å². The molecule has 0 fully saturated rings. The van der Waals surface area contributed by atoms with Gasteiger partial charge in [-0.3, -0.25) is 19.2 Å². The molecule has 0 rings (SSSR count). The van der Waals surface area contributed by atoms with E-state index in [1.165, 1.54) is 18.7 Å². The second-order valence-electron chi connectivity index (χ2n) is 6.30. The molecule has 0 saturated heterocycles. The zero-order chi connectivity index (χ0) is 22.6. The van der Waals surface area contributed by atoms with Crippen molar-refractivity contribution in [1.29, 1.82) is 0 Å². The fourth-order valence-corrected chi connectivity index (χ4v) is 2.60. The highest BCUT2D eigenvalue weighted by atomic mass is 32.2. The van der Waals surface area contributed by atoms with Crippen molar-refractivity contribution in [3.8, 4) is 0 Å². The van der Waals surface area contributed by atoms with Crippen molar-refractivity contribution >= 4 is 41.4 Å². The van der Waals surface area contributed by atoms with Gasteiger partial charge in [0.25, 0.3) is 0 Å². The Kier molecular flexibility index (Phi) is 12.6. The zero-order valence-electron chi connectivity index (χ0n) is 16.3. The number of carbonyl (C=O) groups excluding carboxylic acids is 4. The van der Waals surface area contributed by atoms with Crippen LogP contribution in [0, 0.1) is 0 Å². The van der Waals surface area contributed by atoms with Crippen LogP contribution < -0.4 is 27.4 Å². The molecule has 0 aliphatic carbocycles. The van der Waals surface area contributed by atoms with Gasteiger partial charge in [0.2, 0.25) is 23.6 Å². The molecule has 0 bridgehead atoms. The molecule has 12 nitrogen and oxygen atoms in total. The number of aliphatic hydroxyl groups excluding tert-OH is 1. The minimum atomic E-state index is -1.54. The van der Waals surface area contributed by atoms with Crippen molar-refractivity contribution in [1.82, 2.24) is 16.0 Å². The Labute approximate surface area is 172 Å². The highest BCUT2D eigenvalue weighted by molar-refractivity contribution is 7.98. The fourth-order valence-electron chi connectivity index (χ4n) is 2.11. The molecular formula is C16H29N5O7S. The molecule has 29 heavy (non-hydrogen) atoms. The first-order valence-corrected chi connectivity index (χ1v) is 10.2. The molecule has 0 aromatic carbocycles. The number of hydrogen-bond acceptors (Lipinski definition) is 8. The lowest BCUT2D eigenvalue weighted by Crippen LogP contribution is -2.54. The van der Waals surface area contributed by atoms with E-state index in [-0.39, 0.29) is 12.8 Å². The van der Waals surface area contributed by atoms with Gasteiger partial charge in [-0.2, -0.15) is 11.8 Å². The molecule has 0 spiro atoms. The van der Waals surface area contributed by atoms with Gasteiger partial charge in [-0.05, 0) is 31.8 Å². The van der Waals surface area contributed by atoms with E-state index in [2.05, 4.69) is 16.0 Å². The Hall–Kier alpha value is -2.38. The van der Waals surface area contributed by atoms with Crippen LogP contribution in [-0.4, -0.2) is 82.6 Å². The third-order valence-electron chi connectivity index (χ3n) is 3.77. The minimum absolute atomic E-state index is 0.102.